The summed E-state index contributed by atoms with van der Waals surface area (Å²) in [6.07, 6.45) is 6.42. The number of likely N-dealkylation sites (tertiary alicyclic amines) is 2. The summed E-state index contributed by atoms with van der Waals surface area (Å²) in [6, 6.07) is 0. The van der Waals surface area contributed by atoms with Gasteiger partial charge < -0.3 is 9.80 Å². The zero-order valence-corrected chi connectivity index (χ0v) is 16.4. The molecule has 1 spiro atoms. The molecule has 2 fully saturated rings. The predicted octanol–water partition coefficient (Wildman–Crippen LogP) is 3.34. The van der Waals surface area contributed by atoms with Crippen LogP contribution in [-0.2, 0) is 4.79 Å². The number of hydrogen-bond acceptors (Lipinski definition) is 4. The second kappa shape index (κ2) is 7.44. The van der Waals surface area contributed by atoms with Crippen molar-refractivity contribution in [3.63, 3.8) is 0 Å². The van der Waals surface area contributed by atoms with Crippen LogP contribution in [0.2, 0.25) is 0 Å². The van der Waals surface area contributed by atoms with Gasteiger partial charge in [0.25, 0.3) is 5.91 Å². The molecule has 0 saturated carbocycles. The summed E-state index contributed by atoms with van der Waals surface area (Å²) in [5, 5.41) is 0.929. The summed E-state index contributed by atoms with van der Waals surface area (Å²) in [6.45, 7) is 9.57. The Kier molecular flexibility index (Phi) is 5.46. The Hall–Kier alpha value is -1.43. The fraction of sp³-hybridized carbons (Fsp3) is 0.737. The number of nitrogens with zero attached hydrogens (tertiary/aromatic N) is 3. The van der Waals surface area contributed by atoms with Crippen LogP contribution in [0, 0.1) is 18.3 Å². The number of aryl methyl sites for hydroxylation is 1. The van der Waals surface area contributed by atoms with E-state index in [1.165, 1.54) is 11.3 Å². The number of hydrogen-bond donors (Lipinski definition) is 0. The lowest BCUT2D eigenvalue weighted by atomic mass is 9.73. The Morgan fingerprint density at radius 3 is 2.84 bits per heavy atom. The van der Waals surface area contributed by atoms with Crippen LogP contribution in [0.15, 0.2) is 6.20 Å². The Morgan fingerprint density at radius 1 is 1.36 bits per heavy atom. The molecule has 1 aromatic heterocycles. The summed E-state index contributed by atoms with van der Waals surface area (Å²) in [5.41, 5.74) is 0.0819. The molecule has 5 nitrogen and oxygen atoms in total. The zero-order chi connectivity index (χ0) is 18.0. The second-order valence-corrected chi connectivity index (χ2v) is 9.31. The summed E-state index contributed by atoms with van der Waals surface area (Å²) in [4.78, 5) is 34.1. The topological polar surface area (TPSA) is 53.5 Å². The largest absolute Gasteiger partial charge is 0.342 e. The summed E-state index contributed by atoms with van der Waals surface area (Å²) >= 11 is 1.47. The standard InChI is InChI=1S/C19H29N3O2S/c1-14(2)6-10-21-12-19(8-5-17(21)23)7-4-9-22(13-19)18(24)16-11-20-15(3)25-16/h11,14H,4-10,12-13H2,1-3H3/t19-/m1/s1. The van der Waals surface area contributed by atoms with E-state index >= 15 is 0 Å². The normalized spacial score (nSPS) is 24.4. The third-order valence-corrected chi connectivity index (χ3v) is 6.41. The van der Waals surface area contributed by atoms with Gasteiger partial charge in [0.05, 0.1) is 11.2 Å². The number of carbonyl (C=O) groups excluding carboxylic acids is 2. The lowest BCUT2D eigenvalue weighted by molar-refractivity contribution is -0.139. The third kappa shape index (κ3) is 4.22. The molecule has 0 bridgehead atoms. The molecule has 25 heavy (non-hydrogen) atoms. The first-order valence-electron chi connectivity index (χ1n) is 9.38. The highest BCUT2D eigenvalue weighted by molar-refractivity contribution is 7.13. The summed E-state index contributed by atoms with van der Waals surface area (Å²) in [7, 11) is 0. The Bertz CT molecular complexity index is 642. The highest BCUT2D eigenvalue weighted by Crippen LogP contribution is 2.39. The van der Waals surface area contributed by atoms with Gasteiger partial charge in [-0.1, -0.05) is 13.8 Å². The van der Waals surface area contributed by atoms with E-state index < -0.39 is 0 Å². The molecule has 2 saturated heterocycles. The lowest BCUT2D eigenvalue weighted by Gasteiger charge is -2.48. The molecule has 2 aliphatic rings. The average Bonchev–Trinajstić information content (AvgIpc) is 3.02. The van der Waals surface area contributed by atoms with Gasteiger partial charge >= 0.3 is 0 Å². The van der Waals surface area contributed by atoms with E-state index in [0.29, 0.717) is 12.3 Å². The number of aromatic nitrogens is 1. The maximum Gasteiger partial charge on any atom is 0.265 e. The van der Waals surface area contributed by atoms with E-state index in [1.807, 2.05) is 16.7 Å². The van der Waals surface area contributed by atoms with Crippen LogP contribution < -0.4 is 0 Å². The SMILES string of the molecule is Cc1ncc(C(=O)N2CCC[C@]3(CCC(=O)N(CCC(C)C)C3)C2)s1. The molecule has 2 aliphatic heterocycles. The molecule has 3 rings (SSSR count). The average molecular weight is 364 g/mol. The maximum absolute atomic E-state index is 12.8. The van der Waals surface area contributed by atoms with E-state index in [2.05, 4.69) is 18.8 Å². The van der Waals surface area contributed by atoms with Gasteiger partial charge in [-0.3, -0.25) is 9.59 Å². The van der Waals surface area contributed by atoms with Crippen LogP contribution in [-0.4, -0.2) is 52.8 Å². The summed E-state index contributed by atoms with van der Waals surface area (Å²) < 4.78 is 0. The van der Waals surface area contributed by atoms with Gasteiger partial charge in [0.1, 0.15) is 4.88 Å². The molecular formula is C19H29N3O2S. The zero-order valence-electron chi connectivity index (χ0n) is 15.6. The van der Waals surface area contributed by atoms with Crippen LogP contribution in [0.25, 0.3) is 0 Å². The van der Waals surface area contributed by atoms with Gasteiger partial charge in [0, 0.05) is 38.0 Å². The van der Waals surface area contributed by atoms with Gasteiger partial charge in [0.2, 0.25) is 5.91 Å². The molecule has 0 N–H and O–H groups in total. The quantitative estimate of drug-likeness (QED) is 0.824. The van der Waals surface area contributed by atoms with Gasteiger partial charge in [-0.25, -0.2) is 4.98 Å². The van der Waals surface area contributed by atoms with Gasteiger partial charge in [0.15, 0.2) is 0 Å². The Morgan fingerprint density at radius 2 is 2.16 bits per heavy atom. The molecule has 1 aromatic rings. The first kappa shape index (κ1) is 18.4. The van der Waals surface area contributed by atoms with Crippen molar-refractivity contribution in [1.29, 1.82) is 0 Å². The van der Waals surface area contributed by atoms with Crippen molar-refractivity contribution in [2.24, 2.45) is 11.3 Å². The lowest BCUT2D eigenvalue weighted by Crippen LogP contribution is -2.55. The minimum Gasteiger partial charge on any atom is -0.342 e. The highest BCUT2D eigenvalue weighted by Gasteiger charge is 2.42. The van der Waals surface area contributed by atoms with Crippen molar-refractivity contribution >= 4 is 23.2 Å². The highest BCUT2D eigenvalue weighted by atomic mass is 32.1. The smallest absolute Gasteiger partial charge is 0.265 e. The van der Waals surface area contributed by atoms with Crippen LogP contribution in [0.1, 0.15) is 60.6 Å². The van der Waals surface area contributed by atoms with Crippen molar-refractivity contribution in [1.82, 2.24) is 14.8 Å². The molecule has 138 valence electrons. The van der Waals surface area contributed by atoms with E-state index in [4.69, 9.17) is 0 Å². The molecule has 3 heterocycles. The van der Waals surface area contributed by atoms with Crippen LogP contribution >= 0.6 is 11.3 Å². The van der Waals surface area contributed by atoms with Crippen LogP contribution in [0.4, 0.5) is 0 Å². The van der Waals surface area contributed by atoms with E-state index in [1.54, 1.807) is 6.20 Å². The molecule has 6 heteroatoms. The van der Waals surface area contributed by atoms with Gasteiger partial charge in [-0.2, -0.15) is 0 Å². The molecule has 0 aliphatic carbocycles. The van der Waals surface area contributed by atoms with Crippen molar-refractivity contribution in [3.8, 4) is 0 Å². The first-order chi connectivity index (χ1) is 11.9. The van der Waals surface area contributed by atoms with Crippen LogP contribution in [0.3, 0.4) is 0 Å². The molecule has 0 radical (unpaired) electrons. The fourth-order valence-corrected chi connectivity index (χ4v) is 4.80. The van der Waals surface area contributed by atoms with Gasteiger partial charge in [-0.05, 0) is 38.5 Å². The van der Waals surface area contributed by atoms with E-state index in [0.717, 1.165) is 61.7 Å². The number of rotatable bonds is 4. The Labute approximate surface area is 154 Å². The van der Waals surface area contributed by atoms with E-state index in [-0.39, 0.29) is 17.2 Å². The van der Waals surface area contributed by atoms with Crippen molar-refractivity contribution in [3.05, 3.63) is 16.1 Å². The van der Waals surface area contributed by atoms with E-state index in [9.17, 15) is 9.59 Å². The minimum atomic E-state index is 0.0819. The van der Waals surface area contributed by atoms with Gasteiger partial charge in [-0.15, -0.1) is 11.3 Å². The third-order valence-electron chi connectivity index (χ3n) is 5.51. The fourth-order valence-electron chi connectivity index (χ4n) is 4.05. The first-order valence-corrected chi connectivity index (χ1v) is 10.2. The minimum absolute atomic E-state index is 0.0819. The van der Waals surface area contributed by atoms with Crippen molar-refractivity contribution in [2.45, 2.75) is 52.9 Å². The van der Waals surface area contributed by atoms with Crippen molar-refractivity contribution < 1.29 is 9.59 Å². The molecule has 2 amide bonds. The molecule has 0 aromatic carbocycles. The van der Waals surface area contributed by atoms with Crippen LogP contribution in [0.5, 0.6) is 0 Å². The summed E-state index contributed by atoms with van der Waals surface area (Å²) in [5.74, 6) is 0.993. The Balaban J connectivity index is 1.68. The predicted molar refractivity (Wildman–Crippen MR) is 99.7 cm³/mol. The second-order valence-electron chi connectivity index (χ2n) is 8.07. The number of thiazole rings is 1. The molecule has 1 atom stereocenters. The van der Waals surface area contributed by atoms with Crippen molar-refractivity contribution in [2.75, 3.05) is 26.2 Å². The molecular weight excluding hydrogens is 334 g/mol. The number of amides is 2. The maximum atomic E-state index is 12.8. The molecule has 0 unspecified atom stereocenters. The monoisotopic (exact) mass is 363 g/mol. The number of piperidine rings is 2. The number of carbonyl (C=O) groups is 2.